The minimum atomic E-state index is 0.0794. The molecule has 0 spiro atoms. The summed E-state index contributed by atoms with van der Waals surface area (Å²) in [5.41, 5.74) is 1.50. The molecule has 0 aliphatic rings. The molecule has 3 aromatic carbocycles. The van der Waals surface area contributed by atoms with Crippen LogP contribution in [0.25, 0.3) is 10.8 Å². The van der Waals surface area contributed by atoms with E-state index in [0.29, 0.717) is 0 Å². The van der Waals surface area contributed by atoms with E-state index in [9.17, 15) is 4.79 Å². The first-order valence-electron chi connectivity index (χ1n) is 6.04. The van der Waals surface area contributed by atoms with Gasteiger partial charge in [0.2, 0.25) is 0 Å². The lowest BCUT2D eigenvalue weighted by atomic mass is 10.00. The van der Waals surface area contributed by atoms with Crippen LogP contribution in [0.15, 0.2) is 66.7 Å². The van der Waals surface area contributed by atoms with E-state index in [1.165, 1.54) is 0 Å². The first kappa shape index (κ1) is 12.4. The number of halogens is 1. The number of benzene rings is 3. The lowest BCUT2D eigenvalue weighted by molar-refractivity contribution is 0.103. The van der Waals surface area contributed by atoms with Crippen molar-refractivity contribution in [1.29, 1.82) is 0 Å². The van der Waals surface area contributed by atoms with Crippen LogP contribution in [-0.4, -0.2) is 5.78 Å². The number of carbonyl (C=O) groups excluding carboxylic acids is 1. The Morgan fingerprint density at radius 3 is 2.26 bits per heavy atom. The average Bonchev–Trinajstić information content (AvgIpc) is 2.46. The van der Waals surface area contributed by atoms with Gasteiger partial charge in [0.05, 0.1) is 0 Å². The number of ketones is 1. The Hall–Kier alpha value is -1.68. The lowest BCUT2D eigenvalue weighted by Gasteiger charge is -2.05. The molecule has 0 saturated carbocycles. The molecule has 0 aliphatic heterocycles. The zero-order valence-corrected chi connectivity index (χ0v) is 12.3. The van der Waals surface area contributed by atoms with E-state index in [0.717, 1.165) is 25.5 Å². The predicted octanol–water partition coefficient (Wildman–Crippen LogP) is 4.68. The van der Waals surface area contributed by atoms with Gasteiger partial charge in [-0.15, -0.1) is 0 Å². The van der Waals surface area contributed by atoms with E-state index in [1.54, 1.807) is 0 Å². The van der Waals surface area contributed by atoms with Crippen molar-refractivity contribution >= 4 is 39.1 Å². The highest BCUT2D eigenvalue weighted by Gasteiger charge is 2.12. The number of hydrogen-bond donors (Lipinski definition) is 0. The summed E-state index contributed by atoms with van der Waals surface area (Å²) in [6.45, 7) is 0. The Morgan fingerprint density at radius 2 is 1.47 bits per heavy atom. The Kier molecular flexibility index (Phi) is 3.34. The maximum absolute atomic E-state index is 12.5. The summed E-state index contributed by atoms with van der Waals surface area (Å²) in [5, 5.41) is 2.25. The predicted molar refractivity (Wildman–Crippen MR) is 86.5 cm³/mol. The highest BCUT2D eigenvalue weighted by Crippen LogP contribution is 2.20. The lowest BCUT2D eigenvalue weighted by Crippen LogP contribution is -2.03. The zero-order valence-electron chi connectivity index (χ0n) is 10.1. The van der Waals surface area contributed by atoms with Crippen molar-refractivity contribution in [1.82, 2.24) is 0 Å². The molecule has 0 unspecified atom stereocenters. The third-order valence-electron chi connectivity index (χ3n) is 3.13. The summed E-state index contributed by atoms with van der Waals surface area (Å²) in [6, 6.07) is 21.6. The monoisotopic (exact) mass is 358 g/mol. The maximum Gasteiger partial charge on any atom is 0.194 e. The molecule has 92 valence electrons. The van der Waals surface area contributed by atoms with E-state index >= 15 is 0 Å². The third kappa shape index (κ3) is 2.40. The fourth-order valence-corrected chi connectivity index (χ4v) is 2.76. The summed E-state index contributed by atoms with van der Waals surface area (Å²) in [6.07, 6.45) is 0. The van der Waals surface area contributed by atoms with Crippen LogP contribution in [0.3, 0.4) is 0 Å². The van der Waals surface area contributed by atoms with Gasteiger partial charge in [-0.05, 0) is 51.6 Å². The van der Waals surface area contributed by atoms with Gasteiger partial charge in [0, 0.05) is 14.7 Å². The Bertz CT molecular complexity index is 762. The number of fused-ring (bicyclic) bond motifs is 1. The van der Waals surface area contributed by atoms with Crippen molar-refractivity contribution in [3.63, 3.8) is 0 Å². The minimum Gasteiger partial charge on any atom is -0.289 e. The van der Waals surface area contributed by atoms with Crippen LogP contribution in [0.2, 0.25) is 0 Å². The minimum absolute atomic E-state index is 0.0794. The number of rotatable bonds is 2. The summed E-state index contributed by atoms with van der Waals surface area (Å²) in [4.78, 5) is 12.5. The van der Waals surface area contributed by atoms with Crippen molar-refractivity contribution in [3.05, 3.63) is 81.4 Å². The van der Waals surface area contributed by atoms with E-state index in [2.05, 4.69) is 28.7 Å². The third-order valence-corrected chi connectivity index (χ3v) is 4.07. The normalized spacial score (nSPS) is 10.6. The molecule has 0 N–H and O–H groups in total. The quantitative estimate of drug-likeness (QED) is 0.480. The van der Waals surface area contributed by atoms with Crippen LogP contribution >= 0.6 is 22.6 Å². The van der Waals surface area contributed by atoms with Gasteiger partial charge in [-0.25, -0.2) is 0 Å². The Labute approximate surface area is 125 Å². The smallest absolute Gasteiger partial charge is 0.194 e. The Balaban J connectivity index is 2.09. The first-order valence-corrected chi connectivity index (χ1v) is 7.11. The molecule has 0 aromatic heterocycles. The molecule has 0 fully saturated rings. The van der Waals surface area contributed by atoms with Gasteiger partial charge >= 0.3 is 0 Å². The molecular weight excluding hydrogens is 347 g/mol. The van der Waals surface area contributed by atoms with Crippen LogP contribution in [0.5, 0.6) is 0 Å². The first-order chi connectivity index (χ1) is 9.25. The standard InChI is InChI=1S/C17H11IO/c18-16-8-4-3-7-15(16)17(19)14-10-9-12-5-1-2-6-13(12)11-14/h1-11H. The van der Waals surface area contributed by atoms with Crippen molar-refractivity contribution in [2.24, 2.45) is 0 Å². The van der Waals surface area contributed by atoms with Crippen molar-refractivity contribution < 1.29 is 4.79 Å². The van der Waals surface area contributed by atoms with Crippen LogP contribution in [0.4, 0.5) is 0 Å². The molecule has 0 bridgehead atoms. The highest BCUT2D eigenvalue weighted by atomic mass is 127. The fraction of sp³-hybridized carbons (Fsp3) is 0. The number of hydrogen-bond acceptors (Lipinski definition) is 1. The second kappa shape index (κ2) is 5.13. The fourth-order valence-electron chi connectivity index (χ4n) is 2.13. The topological polar surface area (TPSA) is 17.1 Å². The molecule has 0 saturated heterocycles. The second-order valence-corrected chi connectivity index (χ2v) is 5.53. The van der Waals surface area contributed by atoms with Crippen LogP contribution in [0.1, 0.15) is 15.9 Å². The van der Waals surface area contributed by atoms with E-state index in [1.807, 2.05) is 60.7 Å². The zero-order chi connectivity index (χ0) is 13.2. The van der Waals surface area contributed by atoms with Crippen LogP contribution < -0.4 is 0 Å². The van der Waals surface area contributed by atoms with E-state index < -0.39 is 0 Å². The van der Waals surface area contributed by atoms with Gasteiger partial charge in [0.1, 0.15) is 0 Å². The summed E-state index contributed by atoms with van der Waals surface area (Å²) in [7, 11) is 0. The molecule has 19 heavy (non-hydrogen) atoms. The van der Waals surface area contributed by atoms with Crippen molar-refractivity contribution in [3.8, 4) is 0 Å². The molecule has 2 heteroatoms. The molecule has 3 rings (SSSR count). The van der Waals surface area contributed by atoms with Crippen molar-refractivity contribution in [2.75, 3.05) is 0 Å². The molecule has 0 radical (unpaired) electrons. The summed E-state index contributed by atoms with van der Waals surface area (Å²) in [5.74, 6) is 0.0794. The van der Waals surface area contributed by atoms with Gasteiger partial charge in [-0.1, -0.05) is 48.5 Å². The molecular formula is C17H11IO. The maximum atomic E-state index is 12.5. The highest BCUT2D eigenvalue weighted by molar-refractivity contribution is 14.1. The largest absolute Gasteiger partial charge is 0.289 e. The molecule has 3 aromatic rings. The van der Waals surface area contributed by atoms with Gasteiger partial charge < -0.3 is 0 Å². The van der Waals surface area contributed by atoms with Gasteiger partial charge in [0.25, 0.3) is 0 Å². The average molecular weight is 358 g/mol. The second-order valence-electron chi connectivity index (χ2n) is 4.37. The van der Waals surface area contributed by atoms with Gasteiger partial charge in [-0.3, -0.25) is 4.79 Å². The number of carbonyl (C=O) groups is 1. The SMILES string of the molecule is O=C(c1ccc2ccccc2c1)c1ccccc1I. The van der Waals surface area contributed by atoms with Crippen LogP contribution in [0, 0.1) is 3.57 Å². The molecule has 1 nitrogen and oxygen atoms in total. The Morgan fingerprint density at radius 1 is 0.789 bits per heavy atom. The molecule has 0 heterocycles. The van der Waals surface area contributed by atoms with Crippen LogP contribution in [-0.2, 0) is 0 Å². The van der Waals surface area contributed by atoms with E-state index in [4.69, 9.17) is 0 Å². The van der Waals surface area contributed by atoms with Gasteiger partial charge in [-0.2, -0.15) is 0 Å². The van der Waals surface area contributed by atoms with Crippen molar-refractivity contribution in [2.45, 2.75) is 0 Å². The molecule has 0 atom stereocenters. The summed E-state index contributed by atoms with van der Waals surface area (Å²) < 4.78 is 0.984. The summed E-state index contributed by atoms with van der Waals surface area (Å²) >= 11 is 2.20. The molecule has 0 amide bonds. The van der Waals surface area contributed by atoms with E-state index in [-0.39, 0.29) is 5.78 Å². The molecule has 0 aliphatic carbocycles. The van der Waals surface area contributed by atoms with Gasteiger partial charge in [0.15, 0.2) is 5.78 Å².